The van der Waals surface area contributed by atoms with Crippen molar-refractivity contribution in [2.45, 2.75) is 69.5 Å². The van der Waals surface area contributed by atoms with Crippen LogP contribution in [0.5, 0.6) is 0 Å². The van der Waals surface area contributed by atoms with Gasteiger partial charge in [-0.15, -0.1) is 0 Å². The second-order valence-corrected chi connectivity index (χ2v) is 13.2. The van der Waals surface area contributed by atoms with E-state index in [0.717, 1.165) is 38.5 Å². The molecule has 1 saturated carbocycles. The molecule has 0 spiro atoms. The number of ether oxygens (including phenoxy) is 1. The quantitative estimate of drug-likeness (QED) is 0.139. The molecule has 0 aromatic carbocycles. The van der Waals surface area contributed by atoms with Gasteiger partial charge in [0.15, 0.2) is 0 Å². The van der Waals surface area contributed by atoms with E-state index in [2.05, 4.69) is 18.1 Å². The first-order valence-electron chi connectivity index (χ1n) is 11.2. The van der Waals surface area contributed by atoms with Crippen LogP contribution in [-0.4, -0.2) is 64.3 Å². The van der Waals surface area contributed by atoms with Crippen molar-refractivity contribution in [2.24, 2.45) is 5.92 Å². The van der Waals surface area contributed by atoms with Gasteiger partial charge in [-0.3, -0.25) is 18.9 Å². The van der Waals surface area contributed by atoms with Crippen molar-refractivity contribution >= 4 is 23.5 Å². The Morgan fingerprint density at radius 2 is 1.57 bits per heavy atom. The number of hydrogen-bond donors (Lipinski definition) is 7. The van der Waals surface area contributed by atoms with Crippen LogP contribution in [0.2, 0.25) is 0 Å². The highest BCUT2D eigenvalue weighted by atomic mass is 31.3. The third-order valence-electron chi connectivity index (χ3n) is 5.95. The van der Waals surface area contributed by atoms with Gasteiger partial charge in [-0.25, -0.2) is 18.5 Å². The standard InChI is InChI=1S/C17H29N2O15P3/c20-13-12(9-31-36(27,28)34-37(29,30)33-35(24,25)26)32-15(14(13)21)11-8-19(17(23)18-16(11)22)7-10-5-3-1-2-4-6-10/h8,10,12-15,20-21H,1-7,9H2,(H,27,28)(H,29,30)(H,18,22,23)(H2,24,25,26)/t12-,13-,14-,15+/m1/s1. The molecule has 2 unspecified atom stereocenters. The monoisotopic (exact) mass is 594 g/mol. The van der Waals surface area contributed by atoms with Crippen molar-refractivity contribution in [2.75, 3.05) is 6.61 Å². The van der Waals surface area contributed by atoms with E-state index in [0.29, 0.717) is 6.54 Å². The lowest BCUT2D eigenvalue weighted by Gasteiger charge is -2.19. The third kappa shape index (κ3) is 8.73. The molecule has 37 heavy (non-hydrogen) atoms. The summed E-state index contributed by atoms with van der Waals surface area (Å²) in [5, 5.41) is 20.7. The number of nitrogens with zero attached hydrogens (tertiary/aromatic N) is 1. The fraction of sp³-hybridized carbons (Fsp3) is 0.765. The van der Waals surface area contributed by atoms with Gasteiger partial charge in [0.2, 0.25) is 0 Å². The summed E-state index contributed by atoms with van der Waals surface area (Å²) in [5.74, 6) is 0.205. The van der Waals surface area contributed by atoms with E-state index in [1.165, 1.54) is 10.8 Å². The molecule has 7 N–H and O–H groups in total. The highest BCUT2D eigenvalue weighted by molar-refractivity contribution is 7.66. The topological polar surface area (TPSA) is 264 Å². The first kappa shape index (κ1) is 30.5. The van der Waals surface area contributed by atoms with Crippen molar-refractivity contribution < 1.29 is 61.4 Å². The van der Waals surface area contributed by atoms with Crippen LogP contribution in [0.15, 0.2) is 15.8 Å². The number of phosphoric ester groups is 1. The summed E-state index contributed by atoms with van der Waals surface area (Å²) in [5.41, 5.74) is -1.73. The van der Waals surface area contributed by atoms with Gasteiger partial charge >= 0.3 is 29.2 Å². The highest BCUT2D eigenvalue weighted by Gasteiger charge is 2.47. The van der Waals surface area contributed by atoms with Crippen LogP contribution in [0.4, 0.5) is 0 Å². The fourth-order valence-electron chi connectivity index (χ4n) is 4.30. The van der Waals surface area contributed by atoms with Gasteiger partial charge in [-0.1, -0.05) is 25.7 Å². The van der Waals surface area contributed by atoms with E-state index < -0.39 is 65.7 Å². The first-order chi connectivity index (χ1) is 17.1. The minimum atomic E-state index is -5.75. The predicted molar refractivity (Wildman–Crippen MR) is 122 cm³/mol. The highest BCUT2D eigenvalue weighted by Crippen LogP contribution is 2.66. The fourth-order valence-corrected chi connectivity index (χ4v) is 7.33. The molecule has 1 aromatic heterocycles. The van der Waals surface area contributed by atoms with E-state index in [4.69, 9.17) is 14.5 Å². The van der Waals surface area contributed by atoms with Crippen molar-refractivity contribution in [1.82, 2.24) is 9.55 Å². The largest absolute Gasteiger partial charge is 0.490 e. The summed E-state index contributed by atoms with van der Waals surface area (Å²) >= 11 is 0. The Hall–Kier alpha value is -1.03. The van der Waals surface area contributed by atoms with Crippen LogP contribution >= 0.6 is 23.5 Å². The van der Waals surface area contributed by atoms with Crippen LogP contribution < -0.4 is 11.2 Å². The number of rotatable bonds is 10. The number of H-pyrrole nitrogens is 1. The summed E-state index contributed by atoms with van der Waals surface area (Å²) < 4.78 is 52.4. The zero-order chi connectivity index (χ0) is 27.6. The van der Waals surface area contributed by atoms with E-state index in [1.54, 1.807) is 0 Å². The van der Waals surface area contributed by atoms with Gasteiger partial charge in [0.05, 0.1) is 12.2 Å². The number of aromatic amines is 1. The van der Waals surface area contributed by atoms with E-state index in [1.807, 2.05) is 0 Å². The summed E-state index contributed by atoms with van der Waals surface area (Å²) in [6.45, 7) is -0.707. The zero-order valence-electron chi connectivity index (χ0n) is 19.3. The molecule has 1 aliphatic carbocycles. The lowest BCUT2D eigenvalue weighted by Crippen LogP contribution is -2.37. The molecular formula is C17H29N2O15P3. The summed E-state index contributed by atoms with van der Waals surface area (Å²) in [7, 11) is -16.8. The minimum absolute atomic E-state index is 0.194. The van der Waals surface area contributed by atoms with Gasteiger partial charge < -0.3 is 34.5 Å². The van der Waals surface area contributed by atoms with E-state index in [-0.39, 0.29) is 11.5 Å². The third-order valence-corrected chi connectivity index (χ3v) is 9.76. The molecule has 20 heteroatoms. The van der Waals surface area contributed by atoms with Gasteiger partial charge in [0, 0.05) is 12.7 Å². The Kier molecular flexibility index (Phi) is 9.90. The van der Waals surface area contributed by atoms with E-state index >= 15 is 0 Å². The van der Waals surface area contributed by atoms with Crippen molar-refractivity contribution in [3.8, 4) is 0 Å². The molecule has 2 heterocycles. The normalized spacial score (nSPS) is 28.9. The van der Waals surface area contributed by atoms with Gasteiger partial charge in [0.25, 0.3) is 5.56 Å². The van der Waals surface area contributed by atoms with Gasteiger partial charge in [-0.05, 0) is 18.8 Å². The second kappa shape index (κ2) is 12.0. The molecule has 212 valence electrons. The summed E-state index contributed by atoms with van der Waals surface area (Å²) in [6, 6.07) is 0. The zero-order valence-corrected chi connectivity index (χ0v) is 22.0. The second-order valence-electron chi connectivity index (χ2n) is 8.82. The minimum Gasteiger partial charge on any atom is -0.387 e. The molecule has 2 aliphatic rings. The summed E-state index contributed by atoms with van der Waals surface area (Å²) in [6.07, 6.45) is 0.716. The smallest absolute Gasteiger partial charge is 0.387 e. The van der Waals surface area contributed by atoms with E-state index in [9.17, 15) is 43.3 Å². The van der Waals surface area contributed by atoms with Crippen LogP contribution in [0.25, 0.3) is 0 Å². The number of aliphatic hydroxyl groups excluding tert-OH is 2. The molecular weight excluding hydrogens is 565 g/mol. The average molecular weight is 594 g/mol. The maximum Gasteiger partial charge on any atom is 0.490 e. The number of aliphatic hydroxyl groups is 2. The molecule has 2 fully saturated rings. The molecule has 3 rings (SSSR count). The lowest BCUT2D eigenvalue weighted by atomic mass is 10.00. The van der Waals surface area contributed by atoms with Crippen molar-refractivity contribution in [3.05, 3.63) is 32.6 Å². The Morgan fingerprint density at radius 3 is 2.16 bits per heavy atom. The van der Waals surface area contributed by atoms with Crippen LogP contribution in [-0.2, 0) is 38.1 Å². The molecule has 6 atom stereocenters. The predicted octanol–water partition coefficient (Wildman–Crippen LogP) is 0.0120. The van der Waals surface area contributed by atoms with Crippen LogP contribution in [0.3, 0.4) is 0 Å². The summed E-state index contributed by atoms with van der Waals surface area (Å²) in [4.78, 5) is 62.8. The van der Waals surface area contributed by atoms with Crippen LogP contribution in [0.1, 0.15) is 50.2 Å². The molecule has 1 saturated heterocycles. The Bertz CT molecular complexity index is 1200. The Balaban J connectivity index is 1.70. The van der Waals surface area contributed by atoms with Crippen molar-refractivity contribution in [3.63, 3.8) is 0 Å². The maximum absolute atomic E-state index is 12.5. The van der Waals surface area contributed by atoms with Gasteiger partial charge in [0.1, 0.15) is 24.4 Å². The number of aromatic nitrogens is 2. The Labute approximate surface area is 209 Å². The SMILES string of the molecule is O=c1[nH]c(=O)n(CC2CCCCCC2)cc1[C@@H]1O[C@H](COP(=O)(O)OP(=O)(O)OP(=O)(O)O)[C@@H](O)[C@H]1O. The molecule has 1 aromatic rings. The molecule has 0 radical (unpaired) electrons. The molecule has 0 bridgehead atoms. The lowest BCUT2D eigenvalue weighted by molar-refractivity contribution is -0.0228. The van der Waals surface area contributed by atoms with Crippen molar-refractivity contribution in [1.29, 1.82) is 0 Å². The molecule has 1 aliphatic heterocycles. The number of hydrogen-bond acceptors (Lipinski definition) is 11. The number of nitrogens with one attached hydrogen (secondary N) is 1. The number of phosphoric acid groups is 3. The Morgan fingerprint density at radius 1 is 0.946 bits per heavy atom. The molecule has 17 nitrogen and oxygen atoms in total. The maximum atomic E-state index is 12.5. The molecule has 0 amide bonds. The first-order valence-corrected chi connectivity index (χ1v) is 15.7. The average Bonchev–Trinajstić information content (AvgIpc) is 2.91. The van der Waals surface area contributed by atoms with Gasteiger partial charge in [-0.2, -0.15) is 8.62 Å². The van der Waals surface area contributed by atoms with Crippen LogP contribution in [0, 0.1) is 5.92 Å².